The Bertz CT molecular complexity index is 741. The summed E-state index contributed by atoms with van der Waals surface area (Å²) in [6.45, 7) is 7.27. The summed E-state index contributed by atoms with van der Waals surface area (Å²) in [4.78, 5) is 23.8. The van der Waals surface area contributed by atoms with Crippen LogP contribution in [0, 0.1) is 13.8 Å². The lowest BCUT2D eigenvalue weighted by Crippen LogP contribution is -2.15. The monoisotopic (exact) mass is 327 g/mol. The van der Waals surface area contributed by atoms with Crippen LogP contribution in [-0.2, 0) is 23.0 Å². The van der Waals surface area contributed by atoms with Gasteiger partial charge in [0.25, 0.3) is 0 Å². The van der Waals surface area contributed by atoms with Crippen LogP contribution < -0.4 is 0 Å². The molecule has 1 unspecified atom stereocenters. The number of benzene rings is 1. The highest BCUT2D eigenvalue weighted by atomic mass is 16.5. The van der Waals surface area contributed by atoms with Crippen molar-refractivity contribution in [3.63, 3.8) is 0 Å². The summed E-state index contributed by atoms with van der Waals surface area (Å²) in [6.07, 6.45) is 1.36. The van der Waals surface area contributed by atoms with Crippen molar-refractivity contribution in [3.05, 3.63) is 58.4 Å². The van der Waals surface area contributed by atoms with E-state index in [2.05, 4.69) is 0 Å². The molecule has 0 saturated carbocycles. The molecule has 0 aliphatic carbocycles. The molecular weight excluding hydrogens is 302 g/mol. The van der Waals surface area contributed by atoms with Crippen molar-refractivity contribution in [2.45, 2.75) is 46.6 Å². The van der Waals surface area contributed by atoms with Crippen LogP contribution in [0.3, 0.4) is 0 Å². The molecule has 2 rings (SSSR count). The summed E-state index contributed by atoms with van der Waals surface area (Å²) in [6, 6.07) is 9.68. The number of nitrogens with zero attached hydrogens (tertiary/aromatic N) is 1. The Balaban J connectivity index is 2.18. The van der Waals surface area contributed by atoms with E-state index >= 15 is 0 Å². The second-order valence-electron chi connectivity index (χ2n) is 6.38. The largest absolute Gasteiger partial charge is 0.463 e. The van der Waals surface area contributed by atoms with Crippen molar-refractivity contribution in [1.82, 2.24) is 4.57 Å². The first-order valence-electron chi connectivity index (χ1n) is 8.23. The van der Waals surface area contributed by atoms with Gasteiger partial charge in [-0.3, -0.25) is 9.59 Å². The number of ether oxygens (including phenoxy) is 1. The lowest BCUT2D eigenvalue weighted by atomic mass is 10.0. The zero-order valence-electron chi connectivity index (χ0n) is 15.1. The highest BCUT2D eigenvalue weighted by Gasteiger charge is 2.19. The number of carbonyl (C=O) groups is 2. The van der Waals surface area contributed by atoms with E-state index in [1.807, 2.05) is 62.7 Å². The quantitative estimate of drug-likeness (QED) is 0.599. The van der Waals surface area contributed by atoms with Gasteiger partial charge in [0.05, 0.1) is 11.8 Å². The minimum atomic E-state index is -0.263. The molecule has 128 valence electrons. The number of aromatic nitrogens is 1. The second-order valence-corrected chi connectivity index (χ2v) is 6.38. The Kier molecular flexibility index (Phi) is 5.60. The van der Waals surface area contributed by atoms with Gasteiger partial charge in [-0.1, -0.05) is 29.8 Å². The van der Waals surface area contributed by atoms with Crippen LogP contribution in [0.5, 0.6) is 0 Å². The van der Waals surface area contributed by atoms with Crippen molar-refractivity contribution in [2.24, 2.45) is 7.05 Å². The summed E-state index contributed by atoms with van der Waals surface area (Å²) in [5, 5.41) is 0. The molecule has 0 spiro atoms. The summed E-state index contributed by atoms with van der Waals surface area (Å²) < 4.78 is 7.12. The predicted octanol–water partition coefficient (Wildman–Crippen LogP) is 3.76. The Morgan fingerprint density at radius 1 is 1.17 bits per heavy atom. The van der Waals surface area contributed by atoms with E-state index in [-0.39, 0.29) is 17.9 Å². The molecule has 4 nitrogen and oxygen atoms in total. The van der Waals surface area contributed by atoms with E-state index in [0.717, 1.165) is 29.7 Å². The van der Waals surface area contributed by atoms with Crippen LogP contribution >= 0.6 is 0 Å². The third kappa shape index (κ3) is 4.13. The molecule has 0 fully saturated rings. The average Bonchev–Trinajstić information content (AvgIpc) is 2.79. The maximum atomic E-state index is 12.8. The van der Waals surface area contributed by atoms with Gasteiger partial charge < -0.3 is 9.30 Å². The minimum Gasteiger partial charge on any atom is -0.463 e. The van der Waals surface area contributed by atoms with E-state index in [1.165, 1.54) is 6.92 Å². The Morgan fingerprint density at radius 3 is 2.38 bits per heavy atom. The third-order valence-corrected chi connectivity index (χ3v) is 4.23. The Morgan fingerprint density at radius 2 is 1.79 bits per heavy atom. The molecule has 0 N–H and O–H groups in total. The summed E-state index contributed by atoms with van der Waals surface area (Å²) in [5.41, 5.74) is 4.59. The molecule has 0 saturated heterocycles. The molecule has 0 radical (unpaired) electrons. The average molecular weight is 327 g/mol. The third-order valence-electron chi connectivity index (χ3n) is 4.23. The molecule has 24 heavy (non-hydrogen) atoms. The van der Waals surface area contributed by atoms with Crippen LogP contribution in [0.1, 0.15) is 53.1 Å². The minimum absolute atomic E-state index is 0.0364. The molecule has 2 aromatic rings. The Labute approximate surface area is 143 Å². The highest BCUT2D eigenvalue weighted by molar-refractivity contribution is 6.09. The smallest absolute Gasteiger partial charge is 0.302 e. The normalized spacial score (nSPS) is 12.0. The molecule has 1 aromatic carbocycles. The number of hydrogen-bond acceptors (Lipinski definition) is 3. The fraction of sp³-hybridized carbons (Fsp3) is 0.400. The molecule has 0 bridgehead atoms. The number of carbonyl (C=O) groups excluding carboxylic acids is 2. The molecule has 0 aliphatic rings. The van der Waals surface area contributed by atoms with Gasteiger partial charge in [0.1, 0.15) is 0 Å². The fourth-order valence-electron chi connectivity index (χ4n) is 2.93. The first-order chi connectivity index (χ1) is 11.3. The number of rotatable bonds is 6. The SMILES string of the molecule is CC(=O)OC(C)CCc1cc(C)c(C(=O)c2ccc(C)cc2)n1C. The molecule has 1 atom stereocenters. The number of aryl methyl sites for hydroxylation is 3. The van der Waals surface area contributed by atoms with E-state index < -0.39 is 0 Å². The lowest BCUT2D eigenvalue weighted by molar-refractivity contribution is -0.145. The van der Waals surface area contributed by atoms with Gasteiger partial charge in [-0.2, -0.15) is 0 Å². The van der Waals surface area contributed by atoms with Crippen molar-refractivity contribution in [2.75, 3.05) is 0 Å². The van der Waals surface area contributed by atoms with Crippen molar-refractivity contribution in [3.8, 4) is 0 Å². The molecule has 4 heteroatoms. The number of hydrogen-bond donors (Lipinski definition) is 0. The van der Waals surface area contributed by atoms with Crippen LogP contribution in [-0.4, -0.2) is 22.4 Å². The predicted molar refractivity (Wildman–Crippen MR) is 94.3 cm³/mol. The van der Waals surface area contributed by atoms with E-state index in [4.69, 9.17) is 4.74 Å². The second kappa shape index (κ2) is 7.47. The molecule has 1 aromatic heterocycles. The molecule has 0 aliphatic heterocycles. The summed E-state index contributed by atoms with van der Waals surface area (Å²) in [7, 11) is 1.92. The summed E-state index contributed by atoms with van der Waals surface area (Å²) in [5.74, 6) is -0.227. The van der Waals surface area contributed by atoms with Crippen LogP contribution in [0.15, 0.2) is 30.3 Å². The van der Waals surface area contributed by atoms with Crippen molar-refractivity contribution in [1.29, 1.82) is 0 Å². The molecule has 0 amide bonds. The van der Waals surface area contributed by atoms with Gasteiger partial charge in [0.15, 0.2) is 0 Å². The first kappa shape index (κ1) is 18.0. The van der Waals surface area contributed by atoms with Crippen molar-refractivity contribution >= 4 is 11.8 Å². The zero-order valence-corrected chi connectivity index (χ0v) is 15.1. The van der Waals surface area contributed by atoms with Crippen molar-refractivity contribution < 1.29 is 14.3 Å². The topological polar surface area (TPSA) is 48.3 Å². The van der Waals surface area contributed by atoms with Gasteiger partial charge >= 0.3 is 5.97 Å². The van der Waals surface area contributed by atoms with Gasteiger partial charge in [-0.25, -0.2) is 0 Å². The fourth-order valence-corrected chi connectivity index (χ4v) is 2.93. The van der Waals surface area contributed by atoms with E-state index in [1.54, 1.807) is 0 Å². The number of esters is 1. The summed E-state index contributed by atoms with van der Waals surface area (Å²) >= 11 is 0. The van der Waals surface area contributed by atoms with Crippen LogP contribution in [0.25, 0.3) is 0 Å². The Hall–Kier alpha value is -2.36. The van der Waals surface area contributed by atoms with Gasteiger partial charge in [0, 0.05) is 25.2 Å². The highest BCUT2D eigenvalue weighted by Crippen LogP contribution is 2.20. The van der Waals surface area contributed by atoms with Crippen LogP contribution in [0.4, 0.5) is 0 Å². The first-order valence-corrected chi connectivity index (χ1v) is 8.23. The maximum absolute atomic E-state index is 12.8. The van der Waals surface area contributed by atoms with E-state index in [9.17, 15) is 9.59 Å². The van der Waals surface area contributed by atoms with Crippen LogP contribution in [0.2, 0.25) is 0 Å². The maximum Gasteiger partial charge on any atom is 0.302 e. The van der Waals surface area contributed by atoms with Gasteiger partial charge in [-0.05, 0) is 45.2 Å². The van der Waals surface area contributed by atoms with Gasteiger partial charge in [-0.15, -0.1) is 0 Å². The zero-order chi connectivity index (χ0) is 17.9. The van der Waals surface area contributed by atoms with E-state index in [0.29, 0.717) is 11.3 Å². The van der Waals surface area contributed by atoms with Gasteiger partial charge in [0.2, 0.25) is 5.78 Å². The molecule has 1 heterocycles. The lowest BCUT2D eigenvalue weighted by Gasteiger charge is -2.12. The standard InChI is InChI=1S/C20H25NO3/c1-13-6-9-17(10-7-13)20(23)19-14(2)12-18(21(19)5)11-8-15(3)24-16(4)22/h6-7,9-10,12,15H,8,11H2,1-5H3. The molecular formula is C20H25NO3. The number of ketones is 1.